The molecule has 0 aromatic rings. The predicted molar refractivity (Wildman–Crippen MR) is 230 cm³/mol. The fourth-order valence-electron chi connectivity index (χ4n) is 14.1. The lowest BCUT2D eigenvalue weighted by molar-refractivity contribution is -0.371. The molecule has 4 aliphatic heterocycles. The van der Waals surface area contributed by atoms with Crippen molar-refractivity contribution in [2.45, 2.75) is 222 Å². The van der Waals surface area contributed by atoms with Gasteiger partial charge in [0, 0.05) is 50.4 Å². The van der Waals surface area contributed by atoms with E-state index in [2.05, 4.69) is 6.92 Å². The molecule has 4 aliphatic carbocycles. The topological polar surface area (TPSA) is 257 Å². The Kier molecular flexibility index (Phi) is 14.6. The molecule has 8 aliphatic rings. The van der Waals surface area contributed by atoms with Gasteiger partial charge in [0.15, 0.2) is 18.9 Å². The van der Waals surface area contributed by atoms with Crippen molar-refractivity contribution in [3.05, 3.63) is 11.6 Å². The van der Waals surface area contributed by atoms with Gasteiger partial charge >= 0.3 is 11.9 Å². The van der Waals surface area contributed by atoms with E-state index in [1.165, 1.54) is 14.0 Å². The number of esters is 2. The van der Waals surface area contributed by atoms with Crippen molar-refractivity contribution in [1.29, 1.82) is 0 Å². The van der Waals surface area contributed by atoms with Crippen LogP contribution in [-0.2, 0) is 66.5 Å². The number of hydrogen-bond donors (Lipinski definition) is 5. The summed E-state index contributed by atoms with van der Waals surface area (Å²) >= 11 is 0. The molecule has 0 aromatic carbocycles. The van der Waals surface area contributed by atoms with Gasteiger partial charge in [0.05, 0.1) is 31.0 Å². The van der Waals surface area contributed by atoms with Crippen molar-refractivity contribution in [3.63, 3.8) is 0 Å². The third-order valence-corrected chi connectivity index (χ3v) is 17.7. The first kappa shape index (κ1) is 51.2. The van der Waals surface area contributed by atoms with Crippen molar-refractivity contribution in [2.75, 3.05) is 20.8 Å². The van der Waals surface area contributed by atoms with Crippen LogP contribution in [0.2, 0.25) is 0 Å². The van der Waals surface area contributed by atoms with Gasteiger partial charge in [0.1, 0.15) is 78.0 Å². The molecule has 8 rings (SSSR count). The normalized spacial score (nSPS) is 51.7. The molecule has 0 amide bonds. The summed E-state index contributed by atoms with van der Waals surface area (Å²) in [4.78, 5) is 40.1. The molecule has 0 bridgehead atoms. The fourth-order valence-corrected chi connectivity index (χ4v) is 14.1. The lowest BCUT2D eigenvalue weighted by Crippen LogP contribution is -2.70. The number of aliphatic hydroxyl groups is 5. The van der Waals surface area contributed by atoms with E-state index < -0.39 is 145 Å². The SMILES string of the molecule is CC=C(C)C(=O)OC1C2C3(C)CCC(OC4CC(OC)C(OC5OC(C)C(OC6OC(CO)C(O)C(O)C6O)C(OC)C5O)C(C)O4)CC3CCC23OC32CCC(C(C)=O)C2(C)C1OC(C)=O. The Morgan fingerprint density at radius 2 is 1.42 bits per heavy atom. The van der Waals surface area contributed by atoms with Crippen LogP contribution in [0.5, 0.6) is 0 Å². The van der Waals surface area contributed by atoms with Gasteiger partial charge in [-0.05, 0) is 90.9 Å². The number of methoxy groups -OCH3 is 2. The third kappa shape index (κ3) is 8.25. The highest BCUT2D eigenvalue weighted by Gasteiger charge is 2.91. The van der Waals surface area contributed by atoms with Crippen molar-refractivity contribution in [3.8, 4) is 0 Å². The summed E-state index contributed by atoms with van der Waals surface area (Å²) in [6.07, 6.45) is -10.6. The number of Topliss-reactive ketones (excluding diaryl/α,β-unsaturated/α-hetero) is 1. The van der Waals surface area contributed by atoms with Gasteiger partial charge in [-0.3, -0.25) is 9.59 Å². The van der Waals surface area contributed by atoms with Gasteiger partial charge in [0.2, 0.25) is 0 Å². The van der Waals surface area contributed by atoms with Crippen LogP contribution in [0, 0.1) is 28.6 Å². The van der Waals surface area contributed by atoms with Gasteiger partial charge in [-0.2, -0.15) is 0 Å². The molecule has 24 unspecified atom stereocenters. The van der Waals surface area contributed by atoms with E-state index in [-0.39, 0.29) is 23.7 Å². The number of carbonyl (C=O) groups excluding carboxylic acids is 3. The van der Waals surface area contributed by atoms with E-state index in [1.807, 2.05) is 13.8 Å². The van der Waals surface area contributed by atoms with Crippen molar-refractivity contribution in [1.82, 2.24) is 0 Å². The molecule has 2 spiro atoms. The minimum atomic E-state index is -1.67. The quantitative estimate of drug-likeness (QED) is 0.0763. The second-order valence-electron chi connectivity index (χ2n) is 21.0. The number of allylic oxidation sites excluding steroid dienone is 1. The number of ether oxygens (including phenoxy) is 11. The monoisotopic (exact) mass is 954 g/mol. The minimum Gasteiger partial charge on any atom is -0.458 e. The van der Waals surface area contributed by atoms with E-state index in [9.17, 15) is 39.9 Å². The van der Waals surface area contributed by atoms with E-state index in [0.29, 0.717) is 50.5 Å². The molecule has 5 N–H and O–H groups in total. The average molecular weight is 955 g/mol. The largest absolute Gasteiger partial charge is 0.458 e. The Balaban J connectivity index is 0.945. The molecule has 24 atom stereocenters. The molecule has 380 valence electrons. The van der Waals surface area contributed by atoms with Crippen LogP contribution in [0.1, 0.15) is 107 Å². The number of rotatable bonds is 13. The van der Waals surface area contributed by atoms with E-state index in [4.69, 9.17) is 52.1 Å². The lowest BCUT2D eigenvalue weighted by atomic mass is 9.43. The minimum absolute atomic E-state index is 0.00581. The van der Waals surface area contributed by atoms with Gasteiger partial charge in [-0.25, -0.2) is 4.79 Å². The van der Waals surface area contributed by atoms with E-state index in [0.717, 1.165) is 6.42 Å². The van der Waals surface area contributed by atoms with E-state index >= 15 is 0 Å². The van der Waals surface area contributed by atoms with Crippen LogP contribution >= 0.6 is 0 Å². The molecule has 0 radical (unpaired) electrons. The van der Waals surface area contributed by atoms with E-state index in [1.54, 1.807) is 40.9 Å². The van der Waals surface area contributed by atoms with Gasteiger partial charge in [-0.1, -0.05) is 19.9 Å². The smallest absolute Gasteiger partial charge is 0.333 e. The maximum atomic E-state index is 13.8. The Morgan fingerprint density at radius 3 is 2.06 bits per heavy atom. The highest BCUT2D eigenvalue weighted by molar-refractivity contribution is 5.88. The Bertz CT molecular complexity index is 1860. The Morgan fingerprint density at radius 1 is 0.731 bits per heavy atom. The third-order valence-electron chi connectivity index (χ3n) is 17.7. The highest BCUT2D eigenvalue weighted by atomic mass is 16.8. The van der Waals surface area contributed by atoms with Gasteiger partial charge in [0.25, 0.3) is 0 Å². The molecule has 4 heterocycles. The first-order valence-electron chi connectivity index (χ1n) is 24.2. The lowest BCUT2D eigenvalue weighted by Gasteiger charge is -2.61. The predicted octanol–water partition coefficient (Wildman–Crippen LogP) is 1.77. The van der Waals surface area contributed by atoms with Crippen molar-refractivity contribution < 1.29 is 92.0 Å². The molecule has 19 heteroatoms. The average Bonchev–Trinajstić information content (AvgIpc) is 3.84. The zero-order valence-electron chi connectivity index (χ0n) is 40.4. The maximum absolute atomic E-state index is 13.8. The summed E-state index contributed by atoms with van der Waals surface area (Å²) in [7, 11) is 2.94. The van der Waals surface area contributed by atoms with Crippen LogP contribution in [0.3, 0.4) is 0 Å². The first-order chi connectivity index (χ1) is 31.7. The second-order valence-corrected chi connectivity index (χ2v) is 21.0. The number of epoxide rings is 1. The Hall–Kier alpha value is -2.21. The molecule has 4 saturated carbocycles. The molecule has 19 nitrogen and oxygen atoms in total. The summed E-state index contributed by atoms with van der Waals surface area (Å²) in [6, 6.07) is 0. The maximum Gasteiger partial charge on any atom is 0.333 e. The summed E-state index contributed by atoms with van der Waals surface area (Å²) < 4.78 is 68.9. The molecule has 4 saturated heterocycles. The van der Waals surface area contributed by atoms with Crippen LogP contribution in [0.4, 0.5) is 0 Å². The summed E-state index contributed by atoms with van der Waals surface area (Å²) in [5.41, 5.74) is -2.23. The summed E-state index contributed by atoms with van der Waals surface area (Å²) in [5, 5.41) is 52.3. The highest BCUT2D eigenvalue weighted by Crippen LogP contribution is 2.81. The standard InChI is InChI=1S/C48H74O19/c1-11-21(2)42(56)64-39-40-45(7)15-13-27(18-26(45)12-16-47(40)48(67-47)17-14-28(22(3)50)46(48,8)41(39)61-25(6)51)62-31-19-29(57-9)36(23(4)59-31)65-44-35(55)38(58-10)37(24(5)60-44)66-43-34(54)33(53)32(52)30(20-49)63-43/h11,23-24,26-41,43-44,49,52-55H,12-20H2,1-10H3. The first-order valence-corrected chi connectivity index (χ1v) is 24.2. The van der Waals surface area contributed by atoms with Crippen LogP contribution in [0.15, 0.2) is 11.6 Å². The molecule has 0 aromatic heterocycles. The Labute approximate surface area is 392 Å². The fraction of sp³-hybridized carbons (Fsp3) is 0.896. The zero-order valence-corrected chi connectivity index (χ0v) is 40.4. The van der Waals surface area contributed by atoms with Crippen LogP contribution in [-0.4, -0.2) is 180 Å². The van der Waals surface area contributed by atoms with Gasteiger partial charge in [-0.15, -0.1) is 0 Å². The number of carbonyl (C=O) groups is 3. The zero-order chi connectivity index (χ0) is 48.7. The molecule has 8 fully saturated rings. The van der Waals surface area contributed by atoms with Crippen molar-refractivity contribution >= 4 is 17.7 Å². The van der Waals surface area contributed by atoms with Crippen molar-refractivity contribution in [2.24, 2.45) is 28.6 Å². The number of fused-ring (bicyclic) bond motifs is 2. The number of ketones is 1. The van der Waals surface area contributed by atoms with Crippen LogP contribution in [0.25, 0.3) is 0 Å². The molecular weight excluding hydrogens is 881 g/mol. The second kappa shape index (κ2) is 19.1. The summed E-state index contributed by atoms with van der Waals surface area (Å²) in [6.45, 7) is 13.5. The molecule has 67 heavy (non-hydrogen) atoms. The van der Waals surface area contributed by atoms with Crippen LogP contribution < -0.4 is 0 Å². The summed E-state index contributed by atoms with van der Waals surface area (Å²) in [5.74, 6) is -1.60. The van der Waals surface area contributed by atoms with Gasteiger partial charge < -0.3 is 77.6 Å². The number of aliphatic hydroxyl groups excluding tert-OH is 5. The molecular formula is C48H74O19. The number of hydrogen-bond acceptors (Lipinski definition) is 19.